The van der Waals surface area contributed by atoms with Gasteiger partial charge in [-0.3, -0.25) is 9.59 Å². The van der Waals surface area contributed by atoms with Gasteiger partial charge in [0, 0.05) is 11.1 Å². The number of benzene rings is 2. The van der Waals surface area contributed by atoms with E-state index >= 15 is 0 Å². The fourth-order valence-corrected chi connectivity index (χ4v) is 2.30. The molecule has 2 N–H and O–H groups in total. The summed E-state index contributed by atoms with van der Waals surface area (Å²) in [6, 6.07) is 10.6. The molecule has 0 saturated carbocycles. The van der Waals surface area contributed by atoms with Gasteiger partial charge in [-0.2, -0.15) is 5.10 Å². The highest BCUT2D eigenvalue weighted by atomic mass is 16.5. The van der Waals surface area contributed by atoms with Crippen molar-refractivity contribution in [2.45, 2.75) is 13.8 Å². The van der Waals surface area contributed by atoms with E-state index in [4.69, 9.17) is 9.47 Å². The largest absolute Gasteiger partial charge is 0.497 e. The van der Waals surface area contributed by atoms with Crippen molar-refractivity contribution in [3.63, 3.8) is 0 Å². The van der Waals surface area contributed by atoms with Crippen molar-refractivity contribution in [1.82, 2.24) is 10.7 Å². The van der Waals surface area contributed by atoms with Crippen molar-refractivity contribution in [2.75, 3.05) is 20.8 Å². The molecule has 0 aliphatic carbocycles. The Morgan fingerprint density at radius 3 is 2.48 bits per heavy atom. The van der Waals surface area contributed by atoms with Crippen LogP contribution in [-0.4, -0.2) is 38.8 Å². The van der Waals surface area contributed by atoms with E-state index in [0.29, 0.717) is 22.6 Å². The molecular weight excluding hydrogens is 346 g/mol. The predicted molar refractivity (Wildman–Crippen MR) is 104 cm³/mol. The fraction of sp³-hybridized carbons (Fsp3) is 0.250. The summed E-state index contributed by atoms with van der Waals surface area (Å²) in [6.45, 7) is 3.72. The molecule has 0 atom stereocenters. The third-order valence-electron chi connectivity index (χ3n) is 4.01. The van der Waals surface area contributed by atoms with E-state index < -0.39 is 5.91 Å². The Morgan fingerprint density at radius 1 is 1.04 bits per heavy atom. The maximum Gasteiger partial charge on any atom is 0.259 e. The molecule has 0 fully saturated rings. The second-order valence-electron chi connectivity index (χ2n) is 5.88. The number of carbonyl (C=O) groups excluding carboxylic acids is 2. The van der Waals surface area contributed by atoms with Crippen LogP contribution in [0.1, 0.15) is 27.0 Å². The van der Waals surface area contributed by atoms with Crippen LogP contribution in [0.25, 0.3) is 0 Å². The van der Waals surface area contributed by atoms with Gasteiger partial charge in [0.25, 0.3) is 11.8 Å². The lowest BCUT2D eigenvalue weighted by molar-refractivity contribution is -0.120. The van der Waals surface area contributed by atoms with E-state index in [1.54, 1.807) is 44.6 Å². The van der Waals surface area contributed by atoms with Crippen LogP contribution in [0.3, 0.4) is 0 Å². The standard InChI is InChI=1S/C20H23N3O4/c1-13-5-6-15(9-14(13)2)20(25)21-12-19(24)23-22-11-16-10-17(26-3)7-8-18(16)27-4/h5-11H,12H2,1-4H3,(H,21,25)(H,23,24)/b22-11-. The van der Waals surface area contributed by atoms with Gasteiger partial charge in [-0.15, -0.1) is 0 Å². The van der Waals surface area contributed by atoms with Crippen LogP contribution >= 0.6 is 0 Å². The van der Waals surface area contributed by atoms with E-state index in [2.05, 4.69) is 15.8 Å². The highest BCUT2D eigenvalue weighted by molar-refractivity contribution is 5.96. The molecule has 2 aromatic carbocycles. The summed E-state index contributed by atoms with van der Waals surface area (Å²) in [5.74, 6) is 0.484. The third-order valence-corrected chi connectivity index (χ3v) is 4.01. The van der Waals surface area contributed by atoms with Crippen LogP contribution in [0.2, 0.25) is 0 Å². The van der Waals surface area contributed by atoms with E-state index in [1.165, 1.54) is 6.21 Å². The van der Waals surface area contributed by atoms with Crippen LogP contribution in [-0.2, 0) is 4.79 Å². The van der Waals surface area contributed by atoms with Gasteiger partial charge < -0.3 is 14.8 Å². The zero-order valence-electron chi connectivity index (χ0n) is 15.8. The van der Waals surface area contributed by atoms with E-state index in [9.17, 15) is 9.59 Å². The number of nitrogens with one attached hydrogen (secondary N) is 2. The Labute approximate surface area is 158 Å². The number of hydrogen-bond acceptors (Lipinski definition) is 5. The summed E-state index contributed by atoms with van der Waals surface area (Å²) in [7, 11) is 3.10. The Hall–Kier alpha value is -3.35. The zero-order valence-corrected chi connectivity index (χ0v) is 15.8. The number of hydrazone groups is 1. The molecule has 0 saturated heterocycles. The van der Waals surface area contributed by atoms with Crippen molar-refractivity contribution < 1.29 is 19.1 Å². The number of carbonyl (C=O) groups is 2. The van der Waals surface area contributed by atoms with E-state index in [-0.39, 0.29) is 12.5 Å². The molecule has 0 radical (unpaired) electrons. The molecule has 0 spiro atoms. The number of ether oxygens (including phenoxy) is 2. The second-order valence-corrected chi connectivity index (χ2v) is 5.88. The minimum absolute atomic E-state index is 0.182. The van der Waals surface area contributed by atoms with Crippen LogP contribution in [0, 0.1) is 13.8 Å². The lowest BCUT2D eigenvalue weighted by Gasteiger charge is -2.07. The monoisotopic (exact) mass is 369 g/mol. The van der Waals surface area contributed by atoms with Crippen molar-refractivity contribution in [3.8, 4) is 11.5 Å². The smallest absolute Gasteiger partial charge is 0.259 e. The first kappa shape index (κ1) is 20.0. The minimum Gasteiger partial charge on any atom is -0.497 e. The Bertz CT molecular complexity index is 862. The lowest BCUT2D eigenvalue weighted by Crippen LogP contribution is -2.34. The first-order chi connectivity index (χ1) is 12.9. The van der Waals surface area contributed by atoms with Gasteiger partial charge in [-0.1, -0.05) is 6.07 Å². The summed E-state index contributed by atoms with van der Waals surface area (Å²) in [5.41, 5.74) is 5.65. The summed E-state index contributed by atoms with van der Waals surface area (Å²) in [6.07, 6.45) is 1.45. The van der Waals surface area contributed by atoms with Crippen molar-refractivity contribution in [3.05, 3.63) is 58.7 Å². The highest BCUT2D eigenvalue weighted by Crippen LogP contribution is 2.22. The van der Waals surface area contributed by atoms with Gasteiger partial charge in [-0.25, -0.2) is 5.43 Å². The molecule has 7 heteroatoms. The molecule has 0 heterocycles. The first-order valence-electron chi connectivity index (χ1n) is 8.34. The normalized spacial score (nSPS) is 10.5. The Kier molecular flexibility index (Phi) is 6.93. The quantitative estimate of drug-likeness (QED) is 0.578. The second kappa shape index (κ2) is 9.38. The molecule has 2 rings (SSSR count). The van der Waals surface area contributed by atoms with Gasteiger partial charge in [-0.05, 0) is 55.3 Å². The molecule has 7 nitrogen and oxygen atoms in total. The van der Waals surface area contributed by atoms with Gasteiger partial charge in [0.05, 0.1) is 27.0 Å². The molecule has 0 bridgehead atoms. The van der Waals surface area contributed by atoms with Gasteiger partial charge >= 0.3 is 0 Å². The Morgan fingerprint density at radius 2 is 1.81 bits per heavy atom. The van der Waals surface area contributed by atoms with Gasteiger partial charge in [0.15, 0.2) is 0 Å². The minimum atomic E-state index is -0.440. The van der Waals surface area contributed by atoms with Gasteiger partial charge in [0.2, 0.25) is 0 Å². The summed E-state index contributed by atoms with van der Waals surface area (Å²) in [5, 5.41) is 6.46. The molecular formula is C20H23N3O4. The number of nitrogens with zero attached hydrogens (tertiary/aromatic N) is 1. The number of methoxy groups -OCH3 is 2. The molecule has 0 unspecified atom stereocenters. The summed E-state index contributed by atoms with van der Waals surface area (Å²) >= 11 is 0. The van der Waals surface area contributed by atoms with Gasteiger partial charge in [0.1, 0.15) is 11.5 Å². The summed E-state index contributed by atoms with van der Waals surface area (Å²) in [4.78, 5) is 24.0. The molecule has 0 aliphatic rings. The lowest BCUT2D eigenvalue weighted by atomic mass is 10.1. The Balaban J connectivity index is 1.90. The zero-order chi connectivity index (χ0) is 19.8. The number of rotatable bonds is 7. The van der Waals surface area contributed by atoms with Crippen LogP contribution in [0.4, 0.5) is 0 Å². The van der Waals surface area contributed by atoms with Crippen LogP contribution in [0.5, 0.6) is 11.5 Å². The predicted octanol–water partition coefficient (Wildman–Crippen LogP) is 2.20. The average molecular weight is 369 g/mol. The van der Waals surface area contributed by atoms with Crippen molar-refractivity contribution in [2.24, 2.45) is 5.10 Å². The summed E-state index contributed by atoms with van der Waals surface area (Å²) < 4.78 is 10.4. The topological polar surface area (TPSA) is 89.0 Å². The maximum absolute atomic E-state index is 12.1. The molecule has 0 aromatic heterocycles. The SMILES string of the molecule is COc1ccc(OC)c(/C=N\NC(=O)CNC(=O)c2ccc(C)c(C)c2)c1. The molecule has 27 heavy (non-hydrogen) atoms. The number of hydrogen-bond donors (Lipinski definition) is 2. The highest BCUT2D eigenvalue weighted by Gasteiger charge is 2.09. The number of amides is 2. The molecule has 0 aliphatic heterocycles. The molecule has 2 aromatic rings. The van der Waals surface area contributed by atoms with Crippen molar-refractivity contribution in [1.29, 1.82) is 0 Å². The third kappa shape index (κ3) is 5.57. The fourth-order valence-electron chi connectivity index (χ4n) is 2.30. The molecule has 2 amide bonds. The van der Waals surface area contributed by atoms with Crippen LogP contribution in [0.15, 0.2) is 41.5 Å². The number of aryl methyl sites for hydroxylation is 2. The molecule has 142 valence electrons. The van der Waals surface area contributed by atoms with Crippen LogP contribution < -0.4 is 20.2 Å². The van der Waals surface area contributed by atoms with E-state index in [0.717, 1.165) is 11.1 Å². The van der Waals surface area contributed by atoms with Crippen molar-refractivity contribution >= 4 is 18.0 Å². The maximum atomic E-state index is 12.1. The van der Waals surface area contributed by atoms with E-state index in [1.807, 2.05) is 19.9 Å². The average Bonchev–Trinajstić information content (AvgIpc) is 2.68. The first-order valence-corrected chi connectivity index (χ1v) is 8.34.